The smallest absolute Gasteiger partial charge is 0.227 e. The Hall–Kier alpha value is -2.37. The van der Waals surface area contributed by atoms with Gasteiger partial charge < -0.3 is 9.80 Å². The molecular weight excluding hydrogens is 447 g/mol. The lowest BCUT2D eigenvalue weighted by Crippen LogP contribution is -2.43. The number of hydrogen-bond acceptors (Lipinski definition) is 3. The molecule has 2 saturated heterocycles. The highest BCUT2D eigenvalue weighted by Gasteiger charge is 2.38. The Morgan fingerprint density at radius 3 is 2.31 bits per heavy atom. The van der Waals surface area contributed by atoms with Gasteiger partial charge >= 0.3 is 0 Å². The zero-order valence-electron chi connectivity index (χ0n) is 18.0. The number of hydrogen-bond donors (Lipinski definition) is 0. The molecule has 0 aromatic heterocycles. The summed E-state index contributed by atoms with van der Waals surface area (Å²) < 4.78 is 0. The van der Waals surface area contributed by atoms with E-state index < -0.39 is 0 Å². The van der Waals surface area contributed by atoms with E-state index in [1.807, 2.05) is 36.1 Å². The number of aryl methyl sites for hydroxylation is 1. The SMILES string of the molecule is Cc1ccc(CN2CC(C(=O)N3CCC(C(=O)c4ccc(Cl)c(Cl)c4)CC3)CC2=O)cc1. The Labute approximate surface area is 198 Å². The summed E-state index contributed by atoms with van der Waals surface area (Å²) in [4.78, 5) is 41.9. The van der Waals surface area contributed by atoms with Crippen LogP contribution in [0.4, 0.5) is 0 Å². The molecule has 32 heavy (non-hydrogen) atoms. The summed E-state index contributed by atoms with van der Waals surface area (Å²) >= 11 is 12.0. The second-order valence-electron chi connectivity index (χ2n) is 8.75. The van der Waals surface area contributed by atoms with Crippen molar-refractivity contribution < 1.29 is 14.4 Å². The average molecular weight is 473 g/mol. The van der Waals surface area contributed by atoms with E-state index in [-0.39, 0.29) is 35.9 Å². The number of Topliss-reactive ketones (excluding diaryl/α,β-unsaturated/α-hetero) is 1. The largest absolute Gasteiger partial charge is 0.342 e. The van der Waals surface area contributed by atoms with Gasteiger partial charge in [-0.25, -0.2) is 0 Å². The van der Waals surface area contributed by atoms with Crippen LogP contribution < -0.4 is 0 Å². The zero-order chi connectivity index (χ0) is 22.8. The van der Waals surface area contributed by atoms with Gasteiger partial charge in [-0.3, -0.25) is 14.4 Å². The molecule has 168 valence electrons. The van der Waals surface area contributed by atoms with E-state index in [1.54, 1.807) is 23.1 Å². The van der Waals surface area contributed by atoms with Gasteiger partial charge in [-0.2, -0.15) is 0 Å². The van der Waals surface area contributed by atoms with Crippen molar-refractivity contribution in [2.75, 3.05) is 19.6 Å². The molecule has 2 aliphatic heterocycles. The maximum atomic E-state index is 13.0. The second kappa shape index (κ2) is 9.63. The molecule has 0 radical (unpaired) electrons. The van der Waals surface area contributed by atoms with Crippen molar-refractivity contribution in [2.24, 2.45) is 11.8 Å². The fourth-order valence-electron chi connectivity index (χ4n) is 4.51. The van der Waals surface area contributed by atoms with Crippen LogP contribution in [0.15, 0.2) is 42.5 Å². The molecule has 0 N–H and O–H groups in total. The molecule has 2 aromatic carbocycles. The predicted octanol–water partition coefficient (Wildman–Crippen LogP) is 4.77. The van der Waals surface area contributed by atoms with Crippen molar-refractivity contribution in [3.63, 3.8) is 0 Å². The van der Waals surface area contributed by atoms with Crippen molar-refractivity contribution >= 4 is 40.8 Å². The van der Waals surface area contributed by atoms with Gasteiger partial charge in [0, 0.05) is 44.1 Å². The third-order valence-electron chi connectivity index (χ3n) is 6.44. The lowest BCUT2D eigenvalue weighted by molar-refractivity contribution is -0.137. The summed E-state index contributed by atoms with van der Waals surface area (Å²) in [5.41, 5.74) is 2.80. The lowest BCUT2D eigenvalue weighted by atomic mass is 9.88. The Balaban J connectivity index is 1.31. The molecule has 0 aliphatic carbocycles. The Bertz CT molecular complexity index is 1030. The summed E-state index contributed by atoms with van der Waals surface area (Å²) in [5, 5.41) is 0.789. The Morgan fingerprint density at radius 2 is 1.66 bits per heavy atom. The van der Waals surface area contributed by atoms with Crippen LogP contribution in [0, 0.1) is 18.8 Å². The van der Waals surface area contributed by atoms with E-state index in [4.69, 9.17) is 23.2 Å². The first-order chi connectivity index (χ1) is 15.3. The fourth-order valence-corrected chi connectivity index (χ4v) is 4.81. The first-order valence-electron chi connectivity index (χ1n) is 10.9. The van der Waals surface area contributed by atoms with Crippen LogP contribution in [0.2, 0.25) is 10.0 Å². The van der Waals surface area contributed by atoms with Gasteiger partial charge in [0.05, 0.1) is 16.0 Å². The first-order valence-corrected chi connectivity index (χ1v) is 11.7. The highest BCUT2D eigenvalue weighted by Crippen LogP contribution is 2.29. The van der Waals surface area contributed by atoms with Gasteiger partial charge in [0.1, 0.15) is 0 Å². The first kappa shape index (κ1) is 22.8. The second-order valence-corrected chi connectivity index (χ2v) is 9.57. The minimum Gasteiger partial charge on any atom is -0.342 e. The molecule has 0 bridgehead atoms. The van der Waals surface area contributed by atoms with Crippen LogP contribution in [-0.4, -0.2) is 47.0 Å². The van der Waals surface area contributed by atoms with Crippen LogP contribution in [-0.2, 0) is 16.1 Å². The Kier molecular flexibility index (Phi) is 6.87. The standard InChI is InChI=1S/C25H26Cl2N2O3/c1-16-2-4-17(5-3-16)14-29-15-20(13-23(29)30)25(32)28-10-8-18(9-11-28)24(31)19-6-7-21(26)22(27)12-19/h2-7,12,18,20H,8-11,13-15H2,1H3. The maximum absolute atomic E-state index is 13.0. The van der Waals surface area contributed by atoms with Crippen molar-refractivity contribution in [2.45, 2.75) is 32.7 Å². The van der Waals surface area contributed by atoms with E-state index in [2.05, 4.69) is 0 Å². The van der Waals surface area contributed by atoms with Gasteiger partial charge in [0.25, 0.3) is 0 Å². The van der Waals surface area contributed by atoms with E-state index in [0.29, 0.717) is 54.6 Å². The van der Waals surface area contributed by atoms with Crippen molar-refractivity contribution in [3.8, 4) is 0 Å². The van der Waals surface area contributed by atoms with Crippen molar-refractivity contribution in [1.29, 1.82) is 0 Å². The van der Waals surface area contributed by atoms with Crippen molar-refractivity contribution in [1.82, 2.24) is 9.80 Å². The van der Waals surface area contributed by atoms with Crippen LogP contribution >= 0.6 is 23.2 Å². The average Bonchev–Trinajstić information content (AvgIpc) is 3.16. The molecule has 2 heterocycles. The molecule has 7 heteroatoms. The quantitative estimate of drug-likeness (QED) is 0.588. The molecule has 5 nitrogen and oxygen atoms in total. The molecule has 1 unspecified atom stereocenters. The number of ketones is 1. The van der Waals surface area contributed by atoms with Gasteiger partial charge in [-0.1, -0.05) is 53.0 Å². The normalized spacial score (nSPS) is 19.5. The molecular formula is C25H26Cl2N2O3. The number of benzene rings is 2. The summed E-state index contributed by atoms with van der Waals surface area (Å²) in [5.74, 6) is -0.371. The van der Waals surface area contributed by atoms with E-state index in [1.165, 1.54) is 5.56 Å². The number of likely N-dealkylation sites (tertiary alicyclic amines) is 2. The van der Waals surface area contributed by atoms with Gasteiger partial charge in [-0.15, -0.1) is 0 Å². The third-order valence-corrected chi connectivity index (χ3v) is 7.18. The van der Waals surface area contributed by atoms with Crippen LogP contribution in [0.5, 0.6) is 0 Å². The number of nitrogens with zero attached hydrogens (tertiary/aromatic N) is 2. The van der Waals surface area contributed by atoms with E-state index in [9.17, 15) is 14.4 Å². The summed E-state index contributed by atoms with van der Waals surface area (Å²) in [6.07, 6.45) is 1.48. The molecule has 2 aromatic rings. The van der Waals surface area contributed by atoms with Crippen LogP contribution in [0.25, 0.3) is 0 Å². The monoisotopic (exact) mass is 472 g/mol. The molecule has 0 spiro atoms. The number of carbonyl (C=O) groups excluding carboxylic acids is 3. The predicted molar refractivity (Wildman–Crippen MR) is 125 cm³/mol. The van der Waals surface area contributed by atoms with Gasteiger partial charge in [0.15, 0.2) is 5.78 Å². The maximum Gasteiger partial charge on any atom is 0.227 e. The highest BCUT2D eigenvalue weighted by atomic mass is 35.5. The lowest BCUT2D eigenvalue weighted by Gasteiger charge is -2.33. The minimum atomic E-state index is -0.310. The topological polar surface area (TPSA) is 57.7 Å². The molecule has 2 aliphatic rings. The number of rotatable bonds is 5. The number of halogens is 2. The zero-order valence-corrected chi connectivity index (χ0v) is 19.5. The highest BCUT2D eigenvalue weighted by molar-refractivity contribution is 6.42. The van der Waals surface area contributed by atoms with E-state index in [0.717, 1.165) is 5.56 Å². The van der Waals surface area contributed by atoms with Crippen LogP contribution in [0.3, 0.4) is 0 Å². The number of piperidine rings is 1. The Morgan fingerprint density at radius 1 is 0.969 bits per heavy atom. The van der Waals surface area contributed by atoms with Crippen molar-refractivity contribution in [3.05, 3.63) is 69.2 Å². The number of amides is 2. The fraction of sp³-hybridized carbons (Fsp3) is 0.400. The summed E-state index contributed by atoms with van der Waals surface area (Å²) in [6, 6.07) is 13.0. The molecule has 4 rings (SSSR count). The molecule has 2 amide bonds. The molecule has 1 atom stereocenters. The third kappa shape index (κ3) is 5.00. The molecule has 0 saturated carbocycles. The minimum absolute atomic E-state index is 0.0187. The van der Waals surface area contributed by atoms with Gasteiger partial charge in [-0.05, 0) is 43.5 Å². The van der Waals surface area contributed by atoms with Gasteiger partial charge in [0.2, 0.25) is 11.8 Å². The summed E-state index contributed by atoms with van der Waals surface area (Å²) in [6.45, 7) is 4.07. The summed E-state index contributed by atoms with van der Waals surface area (Å²) in [7, 11) is 0. The van der Waals surface area contributed by atoms with E-state index >= 15 is 0 Å². The number of carbonyl (C=O) groups is 3. The van der Waals surface area contributed by atoms with Crippen LogP contribution in [0.1, 0.15) is 40.7 Å². The molecule has 2 fully saturated rings.